The quantitative estimate of drug-likeness (QED) is 0.377. The molecule has 0 saturated carbocycles. The lowest BCUT2D eigenvalue weighted by molar-refractivity contribution is -0.164. The van der Waals surface area contributed by atoms with Gasteiger partial charge in [-0.15, -0.1) is 0 Å². The Kier molecular flexibility index (Phi) is 7.92. The summed E-state index contributed by atoms with van der Waals surface area (Å²) in [7, 11) is 1.34. The molecule has 1 aromatic carbocycles. The summed E-state index contributed by atoms with van der Waals surface area (Å²) in [6.07, 6.45) is -1.00. The first-order chi connectivity index (χ1) is 16.4. The van der Waals surface area contributed by atoms with E-state index in [0.29, 0.717) is 28.5 Å². The topological polar surface area (TPSA) is 79.7 Å². The van der Waals surface area contributed by atoms with E-state index in [-0.39, 0.29) is 12.5 Å². The summed E-state index contributed by atoms with van der Waals surface area (Å²) in [5.74, 6) is -0.854. The van der Waals surface area contributed by atoms with Crippen molar-refractivity contribution in [2.75, 3.05) is 13.7 Å². The fraction of sp³-hybridized carbons (Fsp3) is 0.444. The zero-order valence-corrected chi connectivity index (χ0v) is 22.4. The number of aromatic nitrogens is 2. The van der Waals surface area contributed by atoms with Crippen LogP contribution in [0.5, 0.6) is 0 Å². The van der Waals surface area contributed by atoms with E-state index < -0.39 is 17.7 Å². The van der Waals surface area contributed by atoms with Gasteiger partial charge in [0, 0.05) is 32.9 Å². The van der Waals surface area contributed by atoms with Crippen LogP contribution in [0.15, 0.2) is 24.3 Å². The number of nitrogens with zero attached hydrogens (tertiary/aromatic N) is 2. The molecule has 0 bridgehead atoms. The van der Waals surface area contributed by atoms with Gasteiger partial charge in [-0.3, -0.25) is 4.79 Å². The van der Waals surface area contributed by atoms with Crippen LogP contribution < -0.4 is 0 Å². The first kappa shape index (κ1) is 26.7. The molecule has 3 aromatic rings. The van der Waals surface area contributed by atoms with Crippen molar-refractivity contribution < 1.29 is 23.8 Å². The van der Waals surface area contributed by atoms with Crippen molar-refractivity contribution in [2.24, 2.45) is 0 Å². The van der Waals surface area contributed by atoms with E-state index in [9.17, 15) is 9.59 Å². The number of benzene rings is 1. The summed E-state index contributed by atoms with van der Waals surface area (Å²) >= 11 is 6.19. The summed E-state index contributed by atoms with van der Waals surface area (Å²) in [6, 6.07) is 7.42. The Morgan fingerprint density at radius 1 is 1.11 bits per heavy atom. The fourth-order valence-electron chi connectivity index (χ4n) is 4.25. The number of halogens is 1. The summed E-state index contributed by atoms with van der Waals surface area (Å²) < 4.78 is 18.4. The SMILES string of the molecule is CCOC(=O)Cn1c(C)c(C)c2c(-c3ccc(Cl)cc3)c([C@H](OC(C)(C)C)C(=O)OC)c(C)nc21. The van der Waals surface area contributed by atoms with E-state index in [2.05, 4.69) is 0 Å². The molecule has 0 spiro atoms. The molecule has 0 radical (unpaired) electrons. The Morgan fingerprint density at radius 2 is 1.74 bits per heavy atom. The molecule has 0 aliphatic carbocycles. The Morgan fingerprint density at radius 3 is 2.29 bits per heavy atom. The minimum Gasteiger partial charge on any atom is -0.467 e. The highest BCUT2D eigenvalue weighted by atomic mass is 35.5. The van der Waals surface area contributed by atoms with Crippen LogP contribution in [0.4, 0.5) is 0 Å². The van der Waals surface area contributed by atoms with Crippen molar-refractivity contribution in [3.05, 3.63) is 51.8 Å². The van der Waals surface area contributed by atoms with Gasteiger partial charge in [0.1, 0.15) is 12.2 Å². The van der Waals surface area contributed by atoms with E-state index in [1.54, 1.807) is 19.1 Å². The highest BCUT2D eigenvalue weighted by molar-refractivity contribution is 6.30. The van der Waals surface area contributed by atoms with E-state index in [0.717, 1.165) is 27.8 Å². The fourth-order valence-corrected chi connectivity index (χ4v) is 4.37. The number of rotatable bonds is 7. The van der Waals surface area contributed by atoms with Gasteiger partial charge in [0.25, 0.3) is 0 Å². The Balaban J connectivity index is 2.44. The number of esters is 2. The summed E-state index contributed by atoms with van der Waals surface area (Å²) in [4.78, 5) is 30.3. The van der Waals surface area contributed by atoms with Gasteiger partial charge in [0.05, 0.1) is 19.3 Å². The van der Waals surface area contributed by atoms with Gasteiger partial charge >= 0.3 is 11.9 Å². The highest BCUT2D eigenvalue weighted by Crippen LogP contribution is 2.42. The van der Waals surface area contributed by atoms with Crippen molar-refractivity contribution in [3.8, 4) is 11.1 Å². The smallest absolute Gasteiger partial charge is 0.339 e. The predicted molar refractivity (Wildman–Crippen MR) is 137 cm³/mol. The van der Waals surface area contributed by atoms with Crippen molar-refractivity contribution in [2.45, 2.75) is 66.7 Å². The number of carbonyl (C=O) groups excluding carboxylic acids is 2. The molecule has 0 amide bonds. The van der Waals surface area contributed by atoms with Gasteiger partial charge in [-0.05, 0) is 71.7 Å². The molecule has 0 aliphatic rings. The maximum Gasteiger partial charge on any atom is 0.339 e. The monoisotopic (exact) mass is 500 g/mol. The van der Waals surface area contributed by atoms with Crippen molar-refractivity contribution in [3.63, 3.8) is 0 Å². The Hall–Kier alpha value is -2.90. The number of ether oxygens (including phenoxy) is 3. The zero-order chi connectivity index (χ0) is 26.1. The molecule has 3 rings (SSSR count). The van der Waals surface area contributed by atoms with Crippen molar-refractivity contribution in [1.29, 1.82) is 0 Å². The minimum absolute atomic E-state index is 0.0365. The number of methoxy groups -OCH3 is 1. The average Bonchev–Trinajstić information content (AvgIpc) is 3.01. The van der Waals surface area contributed by atoms with Gasteiger partial charge in [0.2, 0.25) is 0 Å². The molecule has 0 N–H and O–H groups in total. The van der Waals surface area contributed by atoms with Gasteiger partial charge in [-0.1, -0.05) is 23.7 Å². The van der Waals surface area contributed by atoms with Crippen LogP contribution in [-0.4, -0.2) is 40.8 Å². The largest absolute Gasteiger partial charge is 0.467 e. The maximum atomic E-state index is 13.0. The number of hydrogen-bond donors (Lipinski definition) is 0. The van der Waals surface area contributed by atoms with Gasteiger partial charge in [-0.25, -0.2) is 9.78 Å². The molecule has 0 unspecified atom stereocenters. The second-order valence-corrected chi connectivity index (χ2v) is 9.86. The van der Waals surface area contributed by atoms with Crippen LogP contribution in [0, 0.1) is 20.8 Å². The minimum atomic E-state index is -1.00. The van der Waals surface area contributed by atoms with Crippen molar-refractivity contribution in [1.82, 2.24) is 9.55 Å². The summed E-state index contributed by atoms with van der Waals surface area (Å²) in [6.45, 7) is 13.5. The normalized spacial score (nSPS) is 12.6. The van der Waals surface area contributed by atoms with Crippen molar-refractivity contribution >= 4 is 34.6 Å². The molecule has 8 heteroatoms. The molecule has 1 atom stereocenters. The molecule has 2 heterocycles. The van der Waals surface area contributed by atoms with Crippen LogP contribution >= 0.6 is 11.6 Å². The number of pyridine rings is 1. The lowest BCUT2D eigenvalue weighted by Crippen LogP contribution is -2.29. The van der Waals surface area contributed by atoms with E-state index in [1.807, 2.05) is 58.2 Å². The number of aryl methyl sites for hydroxylation is 2. The Labute approximate surface area is 211 Å². The lowest BCUT2D eigenvalue weighted by Gasteiger charge is -2.28. The van der Waals surface area contributed by atoms with Crippen LogP contribution in [0.1, 0.15) is 56.3 Å². The molecule has 188 valence electrons. The first-order valence-electron chi connectivity index (χ1n) is 11.6. The number of fused-ring (bicyclic) bond motifs is 1. The molecule has 0 aliphatic heterocycles. The van der Waals surface area contributed by atoms with E-state index in [4.69, 9.17) is 30.8 Å². The molecular weight excluding hydrogens is 468 g/mol. The lowest BCUT2D eigenvalue weighted by atomic mass is 9.91. The molecule has 2 aromatic heterocycles. The third-order valence-corrected chi connectivity index (χ3v) is 6.11. The third kappa shape index (κ3) is 5.52. The molecule has 0 saturated heterocycles. The molecule has 35 heavy (non-hydrogen) atoms. The molecular formula is C27H33ClN2O5. The third-order valence-electron chi connectivity index (χ3n) is 5.86. The molecule has 0 fully saturated rings. The standard InChI is InChI=1S/C27H33ClN2O5/c1-9-34-20(31)14-30-17(4)15(2)21-23(18-10-12-19(28)13-11-18)22(16(3)29-25(21)30)24(26(32)33-8)35-27(5,6)7/h10-13,24H,9,14H2,1-8H3/t24-/m0/s1. The summed E-state index contributed by atoms with van der Waals surface area (Å²) in [5, 5.41) is 1.43. The van der Waals surface area contributed by atoms with Crippen LogP contribution in [-0.2, 0) is 30.3 Å². The van der Waals surface area contributed by atoms with Gasteiger partial charge in [-0.2, -0.15) is 0 Å². The number of hydrogen-bond acceptors (Lipinski definition) is 6. The summed E-state index contributed by atoms with van der Waals surface area (Å²) in [5.41, 5.74) is 4.72. The highest BCUT2D eigenvalue weighted by Gasteiger charge is 2.34. The Bertz CT molecular complexity index is 1260. The second-order valence-electron chi connectivity index (χ2n) is 9.43. The first-order valence-corrected chi connectivity index (χ1v) is 11.9. The molecule has 7 nitrogen and oxygen atoms in total. The maximum absolute atomic E-state index is 13.0. The van der Waals surface area contributed by atoms with Gasteiger partial charge < -0.3 is 18.8 Å². The van der Waals surface area contributed by atoms with Crippen LogP contribution in [0.2, 0.25) is 5.02 Å². The van der Waals surface area contributed by atoms with E-state index in [1.165, 1.54) is 7.11 Å². The van der Waals surface area contributed by atoms with Crippen LogP contribution in [0.25, 0.3) is 22.2 Å². The average molecular weight is 501 g/mol. The van der Waals surface area contributed by atoms with E-state index >= 15 is 0 Å². The predicted octanol–water partition coefficient (Wildman–Crippen LogP) is 5.87. The van der Waals surface area contributed by atoms with Gasteiger partial charge in [0.15, 0.2) is 6.10 Å². The number of carbonyl (C=O) groups is 2. The van der Waals surface area contributed by atoms with Crippen LogP contribution in [0.3, 0.4) is 0 Å². The zero-order valence-electron chi connectivity index (χ0n) is 21.6. The second kappa shape index (κ2) is 10.4.